The van der Waals surface area contributed by atoms with Gasteiger partial charge in [0.1, 0.15) is 0 Å². The van der Waals surface area contributed by atoms with Crippen molar-refractivity contribution in [3.63, 3.8) is 0 Å². The van der Waals surface area contributed by atoms with Gasteiger partial charge in [-0.15, -0.1) is 11.3 Å². The van der Waals surface area contributed by atoms with E-state index in [4.69, 9.17) is 4.98 Å². The van der Waals surface area contributed by atoms with E-state index in [1.807, 2.05) is 11.3 Å². The molecule has 0 aromatic carbocycles. The second-order valence-corrected chi connectivity index (χ2v) is 7.16. The predicted octanol–water partition coefficient (Wildman–Crippen LogP) is 4.28. The lowest BCUT2D eigenvalue weighted by Gasteiger charge is -2.13. The van der Waals surface area contributed by atoms with Gasteiger partial charge in [-0.1, -0.05) is 41.0 Å². The maximum absolute atomic E-state index is 4.85. The van der Waals surface area contributed by atoms with Gasteiger partial charge in [0, 0.05) is 22.9 Å². The Morgan fingerprint density at radius 2 is 1.94 bits per heavy atom. The molecule has 1 aromatic rings. The van der Waals surface area contributed by atoms with Gasteiger partial charge >= 0.3 is 0 Å². The van der Waals surface area contributed by atoms with E-state index in [9.17, 15) is 0 Å². The van der Waals surface area contributed by atoms with Crippen molar-refractivity contribution in [2.45, 2.75) is 78.8 Å². The molecule has 1 aromatic heterocycles. The van der Waals surface area contributed by atoms with E-state index in [0.29, 0.717) is 6.04 Å². The van der Waals surface area contributed by atoms with Crippen LogP contribution in [0.25, 0.3) is 0 Å². The molecule has 0 fully saturated rings. The van der Waals surface area contributed by atoms with Crippen molar-refractivity contribution < 1.29 is 0 Å². The molecule has 1 N–H and O–H groups in total. The fourth-order valence-electron chi connectivity index (χ4n) is 1.69. The molecule has 0 aliphatic carbocycles. The summed E-state index contributed by atoms with van der Waals surface area (Å²) in [6.07, 6.45) is 3.45. The van der Waals surface area contributed by atoms with Crippen molar-refractivity contribution in [1.82, 2.24) is 10.3 Å². The van der Waals surface area contributed by atoms with E-state index in [-0.39, 0.29) is 5.41 Å². The molecule has 1 heterocycles. The van der Waals surface area contributed by atoms with Gasteiger partial charge in [0.15, 0.2) is 0 Å². The molecule has 18 heavy (non-hydrogen) atoms. The fourth-order valence-corrected chi connectivity index (χ4v) is 2.80. The predicted molar refractivity (Wildman–Crippen MR) is 81.4 cm³/mol. The number of nitrogens with zero attached hydrogens (tertiary/aromatic N) is 1. The van der Waals surface area contributed by atoms with Crippen molar-refractivity contribution >= 4 is 11.3 Å². The highest BCUT2D eigenvalue weighted by atomic mass is 32.1. The van der Waals surface area contributed by atoms with E-state index in [1.165, 1.54) is 28.4 Å². The standard InChI is InChI=1S/C15H28N2S/c1-7-9-12-13(10-16-11(3)8-2)18-14(17-12)15(4,5)6/h11,16H,7-10H2,1-6H3. The molecule has 1 unspecified atom stereocenters. The number of rotatable bonds is 6. The Balaban J connectivity index is 2.84. The molecule has 3 heteroatoms. The highest BCUT2D eigenvalue weighted by Gasteiger charge is 2.21. The van der Waals surface area contributed by atoms with Crippen LogP contribution in [0.2, 0.25) is 0 Å². The molecule has 0 aliphatic rings. The van der Waals surface area contributed by atoms with Gasteiger partial charge in [0.05, 0.1) is 10.7 Å². The van der Waals surface area contributed by atoms with Crippen molar-refractivity contribution in [1.29, 1.82) is 0 Å². The molecule has 104 valence electrons. The van der Waals surface area contributed by atoms with Crippen LogP contribution in [0.15, 0.2) is 0 Å². The average Bonchev–Trinajstić information content (AvgIpc) is 2.69. The molecule has 0 bridgehead atoms. The van der Waals surface area contributed by atoms with Gasteiger partial charge in [-0.3, -0.25) is 0 Å². The van der Waals surface area contributed by atoms with Crippen LogP contribution in [0.1, 0.15) is 70.0 Å². The van der Waals surface area contributed by atoms with Crippen LogP contribution >= 0.6 is 11.3 Å². The monoisotopic (exact) mass is 268 g/mol. The molecule has 0 saturated carbocycles. The normalized spacial score (nSPS) is 13.9. The molecule has 0 spiro atoms. The molecular weight excluding hydrogens is 240 g/mol. The van der Waals surface area contributed by atoms with Gasteiger partial charge in [0.25, 0.3) is 0 Å². The maximum atomic E-state index is 4.85. The lowest BCUT2D eigenvalue weighted by molar-refractivity contribution is 0.535. The van der Waals surface area contributed by atoms with Crippen molar-refractivity contribution in [3.05, 3.63) is 15.6 Å². The summed E-state index contributed by atoms with van der Waals surface area (Å²) in [6.45, 7) is 14.4. The smallest absolute Gasteiger partial charge is 0.0985 e. The van der Waals surface area contributed by atoms with Crippen LogP contribution < -0.4 is 5.32 Å². The summed E-state index contributed by atoms with van der Waals surface area (Å²) in [5, 5.41) is 4.85. The number of hydrogen-bond acceptors (Lipinski definition) is 3. The second-order valence-electron chi connectivity index (χ2n) is 6.08. The third kappa shape index (κ3) is 4.36. The van der Waals surface area contributed by atoms with E-state index >= 15 is 0 Å². The summed E-state index contributed by atoms with van der Waals surface area (Å²) in [4.78, 5) is 6.29. The van der Waals surface area contributed by atoms with Crippen LogP contribution in [0, 0.1) is 0 Å². The van der Waals surface area contributed by atoms with E-state index in [1.54, 1.807) is 0 Å². The minimum Gasteiger partial charge on any atom is -0.309 e. The zero-order valence-corrected chi connectivity index (χ0v) is 13.6. The van der Waals surface area contributed by atoms with Crippen molar-refractivity contribution in [2.24, 2.45) is 0 Å². The van der Waals surface area contributed by atoms with E-state index in [0.717, 1.165) is 13.0 Å². The van der Waals surface area contributed by atoms with Crippen LogP contribution in [-0.2, 0) is 18.4 Å². The first-order chi connectivity index (χ1) is 8.38. The fraction of sp³-hybridized carbons (Fsp3) is 0.800. The number of aromatic nitrogens is 1. The summed E-state index contributed by atoms with van der Waals surface area (Å²) < 4.78 is 0. The highest BCUT2D eigenvalue weighted by molar-refractivity contribution is 7.11. The molecule has 0 saturated heterocycles. The maximum Gasteiger partial charge on any atom is 0.0985 e. The lowest BCUT2D eigenvalue weighted by Crippen LogP contribution is -2.24. The first-order valence-electron chi connectivity index (χ1n) is 7.10. The molecule has 0 amide bonds. The Hall–Kier alpha value is -0.410. The molecule has 1 atom stereocenters. The van der Waals surface area contributed by atoms with Crippen LogP contribution in [-0.4, -0.2) is 11.0 Å². The number of thiazole rings is 1. The number of nitrogens with one attached hydrogen (secondary N) is 1. The van der Waals surface area contributed by atoms with E-state index in [2.05, 4.69) is 46.9 Å². The summed E-state index contributed by atoms with van der Waals surface area (Å²) in [5.74, 6) is 0. The van der Waals surface area contributed by atoms with Crippen LogP contribution in [0.5, 0.6) is 0 Å². The summed E-state index contributed by atoms with van der Waals surface area (Å²) in [5.41, 5.74) is 1.48. The Morgan fingerprint density at radius 1 is 1.28 bits per heavy atom. The van der Waals surface area contributed by atoms with E-state index < -0.39 is 0 Å². The van der Waals surface area contributed by atoms with Crippen LogP contribution in [0.3, 0.4) is 0 Å². The quantitative estimate of drug-likeness (QED) is 0.833. The number of hydrogen-bond donors (Lipinski definition) is 1. The molecule has 1 rings (SSSR count). The Bertz CT molecular complexity index is 363. The van der Waals surface area contributed by atoms with Gasteiger partial charge in [-0.05, 0) is 19.8 Å². The average molecular weight is 268 g/mol. The number of aryl methyl sites for hydroxylation is 1. The Morgan fingerprint density at radius 3 is 2.44 bits per heavy atom. The first-order valence-corrected chi connectivity index (χ1v) is 7.92. The highest BCUT2D eigenvalue weighted by Crippen LogP contribution is 2.30. The molecular formula is C15H28N2S. The van der Waals surface area contributed by atoms with Crippen LogP contribution in [0.4, 0.5) is 0 Å². The van der Waals surface area contributed by atoms with Gasteiger partial charge in [-0.2, -0.15) is 0 Å². The van der Waals surface area contributed by atoms with Crippen molar-refractivity contribution in [3.8, 4) is 0 Å². The molecule has 2 nitrogen and oxygen atoms in total. The van der Waals surface area contributed by atoms with Gasteiger partial charge in [0.2, 0.25) is 0 Å². The third-order valence-electron chi connectivity index (χ3n) is 3.13. The first kappa shape index (κ1) is 15.6. The molecule has 0 radical (unpaired) electrons. The van der Waals surface area contributed by atoms with Gasteiger partial charge < -0.3 is 5.32 Å². The summed E-state index contributed by atoms with van der Waals surface area (Å²) in [6, 6.07) is 0.583. The minimum absolute atomic E-state index is 0.168. The minimum atomic E-state index is 0.168. The summed E-state index contributed by atoms with van der Waals surface area (Å²) >= 11 is 1.89. The summed E-state index contributed by atoms with van der Waals surface area (Å²) in [7, 11) is 0. The zero-order chi connectivity index (χ0) is 13.8. The zero-order valence-electron chi connectivity index (χ0n) is 12.8. The topological polar surface area (TPSA) is 24.9 Å². The Labute approximate surface area is 116 Å². The van der Waals surface area contributed by atoms with Gasteiger partial charge in [-0.25, -0.2) is 4.98 Å². The Kier molecular flexibility index (Phi) is 5.80. The van der Waals surface area contributed by atoms with Crippen molar-refractivity contribution in [2.75, 3.05) is 0 Å². The lowest BCUT2D eigenvalue weighted by atomic mass is 9.98. The third-order valence-corrected chi connectivity index (χ3v) is 4.65. The SMILES string of the molecule is CCCc1nc(C(C)(C)C)sc1CNC(C)CC. The largest absolute Gasteiger partial charge is 0.309 e. The molecule has 0 aliphatic heterocycles. The second kappa shape index (κ2) is 6.67.